The van der Waals surface area contributed by atoms with Crippen LogP contribution in [0, 0.1) is 11.6 Å². The van der Waals surface area contributed by atoms with Crippen molar-refractivity contribution in [2.45, 2.75) is 36.8 Å². The van der Waals surface area contributed by atoms with E-state index >= 15 is 4.39 Å². The number of hydrogen-bond donors (Lipinski definition) is 1. The Labute approximate surface area is 164 Å². The Hall–Kier alpha value is -2.97. The summed E-state index contributed by atoms with van der Waals surface area (Å²) in [6.45, 7) is -0.0278. The average Bonchev–Trinajstić information content (AvgIpc) is 3.60. The van der Waals surface area contributed by atoms with Crippen molar-refractivity contribution in [3.05, 3.63) is 52.9 Å². The van der Waals surface area contributed by atoms with Gasteiger partial charge in [-0.25, -0.2) is 23.1 Å². The maximum atomic E-state index is 15.2. The molecule has 0 bridgehead atoms. The lowest BCUT2D eigenvalue weighted by atomic mass is 9.84. The molecule has 29 heavy (non-hydrogen) atoms. The monoisotopic (exact) mass is 402 g/mol. The number of benzene rings is 1. The second kappa shape index (κ2) is 6.27. The summed E-state index contributed by atoms with van der Waals surface area (Å²) in [5.41, 5.74) is 0.431. The average molecular weight is 402 g/mol. The van der Waals surface area contributed by atoms with Gasteiger partial charge in [0.25, 0.3) is 5.91 Å². The van der Waals surface area contributed by atoms with Gasteiger partial charge in [0.15, 0.2) is 5.82 Å². The van der Waals surface area contributed by atoms with Crippen LogP contribution < -0.4 is 5.32 Å². The summed E-state index contributed by atoms with van der Waals surface area (Å²) in [4.78, 5) is 33.9. The Morgan fingerprint density at radius 3 is 2.55 bits per heavy atom. The number of amides is 2. The molecule has 0 saturated heterocycles. The predicted molar refractivity (Wildman–Crippen MR) is 96.1 cm³/mol. The molecule has 0 radical (unpaired) electrons. The molecule has 1 N–H and O–H groups in total. The van der Waals surface area contributed by atoms with Gasteiger partial charge in [-0.2, -0.15) is 0 Å². The molecule has 5 rings (SSSR count). The van der Waals surface area contributed by atoms with E-state index in [0.717, 1.165) is 12.4 Å². The Morgan fingerprint density at radius 1 is 1.24 bits per heavy atom. The molecular formula is C20H17F3N4O2. The first-order valence-electron chi connectivity index (χ1n) is 9.41. The first-order chi connectivity index (χ1) is 13.9. The van der Waals surface area contributed by atoms with Crippen molar-refractivity contribution in [2.24, 2.45) is 0 Å². The van der Waals surface area contributed by atoms with Crippen LogP contribution >= 0.6 is 0 Å². The number of carbonyl (C=O) groups is 2. The minimum absolute atomic E-state index is 0.0664. The Morgan fingerprint density at radius 2 is 1.93 bits per heavy atom. The molecule has 2 fully saturated rings. The lowest BCUT2D eigenvalue weighted by Gasteiger charge is -2.35. The summed E-state index contributed by atoms with van der Waals surface area (Å²) in [5, 5.41) is 2.42. The number of alkyl halides is 1. The summed E-state index contributed by atoms with van der Waals surface area (Å²) in [6, 6.07) is 3.04. The molecule has 3 aliphatic rings. The molecule has 2 heterocycles. The Bertz CT molecular complexity index is 1020. The van der Waals surface area contributed by atoms with Gasteiger partial charge in [0.2, 0.25) is 11.9 Å². The van der Waals surface area contributed by atoms with Gasteiger partial charge in [-0.1, -0.05) is 6.07 Å². The minimum atomic E-state index is -1.02. The van der Waals surface area contributed by atoms with Crippen molar-refractivity contribution in [1.29, 1.82) is 0 Å². The normalized spacial score (nSPS) is 23.7. The quantitative estimate of drug-likeness (QED) is 0.853. The first-order valence-corrected chi connectivity index (χ1v) is 9.41. The van der Waals surface area contributed by atoms with Crippen LogP contribution in [0.4, 0.5) is 19.1 Å². The number of fused-ring (bicyclic) bond motifs is 2. The summed E-state index contributed by atoms with van der Waals surface area (Å²) < 4.78 is 41.5. The van der Waals surface area contributed by atoms with E-state index in [1.165, 1.54) is 11.0 Å². The van der Waals surface area contributed by atoms with E-state index in [0.29, 0.717) is 30.4 Å². The van der Waals surface area contributed by atoms with Crippen LogP contribution in [0.25, 0.3) is 0 Å². The fraction of sp³-hybridized carbons (Fsp3) is 0.400. The largest absolute Gasteiger partial charge is 0.328 e. The van der Waals surface area contributed by atoms with Crippen molar-refractivity contribution in [3.63, 3.8) is 0 Å². The Kier molecular flexibility index (Phi) is 3.91. The maximum absolute atomic E-state index is 15.2. The highest BCUT2D eigenvalue weighted by molar-refractivity contribution is 6.01. The SMILES string of the molecule is O=C(CN1CC2(CC2)c2c(ccc(C3C[C@H]3F)c2F)C1=O)Nc1ncc(F)cn1. The number of halogens is 3. The highest BCUT2D eigenvalue weighted by atomic mass is 19.1. The summed E-state index contributed by atoms with van der Waals surface area (Å²) in [5.74, 6) is -2.56. The van der Waals surface area contributed by atoms with E-state index < -0.39 is 41.0 Å². The van der Waals surface area contributed by atoms with Crippen LogP contribution in [-0.4, -0.2) is 45.9 Å². The zero-order valence-corrected chi connectivity index (χ0v) is 15.3. The summed E-state index contributed by atoms with van der Waals surface area (Å²) in [6.07, 6.45) is 2.55. The van der Waals surface area contributed by atoms with Gasteiger partial charge in [-0.15, -0.1) is 0 Å². The fourth-order valence-electron chi connectivity index (χ4n) is 4.15. The lowest BCUT2D eigenvalue weighted by Crippen LogP contribution is -2.47. The molecule has 2 atom stereocenters. The maximum Gasteiger partial charge on any atom is 0.254 e. The molecule has 2 aromatic rings. The third kappa shape index (κ3) is 3.04. The van der Waals surface area contributed by atoms with Crippen molar-refractivity contribution in [1.82, 2.24) is 14.9 Å². The van der Waals surface area contributed by atoms with E-state index in [4.69, 9.17) is 0 Å². The van der Waals surface area contributed by atoms with Gasteiger partial charge in [0, 0.05) is 29.0 Å². The van der Waals surface area contributed by atoms with E-state index in [9.17, 15) is 18.4 Å². The molecule has 1 aliphatic heterocycles. The lowest BCUT2D eigenvalue weighted by molar-refractivity contribution is -0.117. The fourth-order valence-corrected chi connectivity index (χ4v) is 4.15. The molecule has 1 aromatic carbocycles. The standard InChI is InChI=1S/C20H17F3N4O2/c21-10-6-24-19(25-7-10)26-15(28)8-27-9-20(3-4-20)16-12(18(27)29)2-1-11(17(16)23)13-5-14(13)22/h1-2,6-7,13-14H,3-5,8-9H2,(H,24,25,26,28)/t13?,14-/m1/s1. The number of nitrogens with zero attached hydrogens (tertiary/aromatic N) is 3. The number of carbonyl (C=O) groups excluding carboxylic acids is 2. The molecule has 1 unspecified atom stereocenters. The predicted octanol–water partition coefficient (Wildman–Crippen LogP) is 2.71. The summed E-state index contributed by atoms with van der Waals surface area (Å²) in [7, 11) is 0. The molecule has 2 aliphatic carbocycles. The number of anilines is 1. The van der Waals surface area contributed by atoms with Crippen LogP contribution in [0.2, 0.25) is 0 Å². The zero-order chi connectivity index (χ0) is 20.3. The van der Waals surface area contributed by atoms with E-state index in [1.54, 1.807) is 6.07 Å². The van der Waals surface area contributed by atoms with Gasteiger partial charge < -0.3 is 4.90 Å². The number of aromatic nitrogens is 2. The van der Waals surface area contributed by atoms with Gasteiger partial charge in [-0.05, 0) is 30.9 Å². The third-order valence-electron chi connectivity index (χ3n) is 5.88. The van der Waals surface area contributed by atoms with Gasteiger partial charge in [0.05, 0.1) is 12.4 Å². The molecule has 1 spiro atoms. The highest BCUT2D eigenvalue weighted by Crippen LogP contribution is 2.55. The smallest absolute Gasteiger partial charge is 0.254 e. The molecule has 9 heteroatoms. The van der Waals surface area contributed by atoms with Gasteiger partial charge in [0.1, 0.15) is 18.5 Å². The third-order valence-corrected chi connectivity index (χ3v) is 5.88. The molecule has 150 valence electrons. The number of hydrogen-bond acceptors (Lipinski definition) is 4. The second-order valence-electron chi connectivity index (χ2n) is 7.96. The van der Waals surface area contributed by atoms with Crippen LogP contribution in [0.3, 0.4) is 0 Å². The van der Waals surface area contributed by atoms with E-state index in [-0.39, 0.29) is 24.6 Å². The molecule has 2 saturated carbocycles. The van der Waals surface area contributed by atoms with Crippen molar-refractivity contribution in [2.75, 3.05) is 18.4 Å². The topological polar surface area (TPSA) is 75.2 Å². The molecule has 2 amide bonds. The second-order valence-corrected chi connectivity index (χ2v) is 7.96. The highest BCUT2D eigenvalue weighted by Gasteiger charge is 2.54. The van der Waals surface area contributed by atoms with Crippen LogP contribution in [0.5, 0.6) is 0 Å². The Balaban J connectivity index is 1.38. The molecular weight excluding hydrogens is 385 g/mol. The van der Waals surface area contributed by atoms with Gasteiger partial charge in [-0.3, -0.25) is 14.9 Å². The van der Waals surface area contributed by atoms with Crippen LogP contribution in [-0.2, 0) is 10.2 Å². The van der Waals surface area contributed by atoms with Crippen molar-refractivity contribution >= 4 is 17.8 Å². The number of rotatable bonds is 4. The number of nitrogens with one attached hydrogen (secondary N) is 1. The van der Waals surface area contributed by atoms with Crippen molar-refractivity contribution in [3.8, 4) is 0 Å². The van der Waals surface area contributed by atoms with Crippen molar-refractivity contribution < 1.29 is 22.8 Å². The van der Waals surface area contributed by atoms with E-state index in [2.05, 4.69) is 15.3 Å². The molecule has 6 nitrogen and oxygen atoms in total. The summed E-state index contributed by atoms with van der Waals surface area (Å²) >= 11 is 0. The minimum Gasteiger partial charge on any atom is -0.328 e. The van der Waals surface area contributed by atoms with Crippen LogP contribution in [0.15, 0.2) is 24.5 Å². The van der Waals surface area contributed by atoms with E-state index in [1.807, 2.05) is 0 Å². The van der Waals surface area contributed by atoms with Crippen LogP contribution in [0.1, 0.15) is 46.7 Å². The van der Waals surface area contributed by atoms with Gasteiger partial charge >= 0.3 is 0 Å². The molecule has 1 aromatic heterocycles. The zero-order valence-electron chi connectivity index (χ0n) is 15.3. The first kappa shape index (κ1) is 18.1.